The molecule has 3 rings (SSSR count). The number of ether oxygens (including phenoxy) is 1. The maximum atomic E-state index is 12.3. The second-order valence-electron chi connectivity index (χ2n) is 7.45. The lowest BCUT2D eigenvalue weighted by Gasteiger charge is -2.50. The van der Waals surface area contributed by atoms with Gasteiger partial charge in [-0.1, -0.05) is 12.1 Å². The molecule has 2 aliphatic rings. The number of aromatic hydroxyl groups is 1. The number of likely N-dealkylation sites (tertiary alicyclic amines) is 1. The van der Waals surface area contributed by atoms with Crippen LogP contribution in [-0.2, 0) is 16.1 Å². The van der Waals surface area contributed by atoms with Gasteiger partial charge >= 0.3 is 0 Å². The second-order valence-corrected chi connectivity index (χ2v) is 7.45. The summed E-state index contributed by atoms with van der Waals surface area (Å²) in [6.45, 7) is 9.55. The third-order valence-corrected chi connectivity index (χ3v) is 5.25. The molecule has 5 heteroatoms. The smallest absolute Gasteiger partial charge is 0.251 e. The highest BCUT2D eigenvalue weighted by atomic mass is 16.5. The Balaban J connectivity index is 1.61. The average Bonchev–Trinajstić information content (AvgIpc) is 2.55. The standard InChI is InChI=1S/C19H28N2O3/c1-14(2)21-13-19(24-15(3)18(21)23)8-10-20(11-9-19)12-16-4-6-17(22)7-5-16/h4-7,14-15,22H,8-13H2,1-3H3/t15-/m1/s1. The number of morpholine rings is 1. The van der Waals surface area contributed by atoms with Gasteiger partial charge in [0.25, 0.3) is 5.91 Å². The van der Waals surface area contributed by atoms with Crippen LogP contribution >= 0.6 is 0 Å². The molecule has 2 saturated heterocycles. The van der Waals surface area contributed by atoms with E-state index in [2.05, 4.69) is 18.7 Å². The zero-order chi connectivity index (χ0) is 17.3. The van der Waals surface area contributed by atoms with Gasteiger partial charge in [-0.05, 0) is 51.3 Å². The van der Waals surface area contributed by atoms with Crippen LogP contribution in [0.3, 0.4) is 0 Å². The predicted molar refractivity (Wildman–Crippen MR) is 92.7 cm³/mol. The van der Waals surface area contributed by atoms with Gasteiger partial charge in [0.15, 0.2) is 0 Å². The van der Waals surface area contributed by atoms with Gasteiger partial charge in [-0.25, -0.2) is 0 Å². The Labute approximate surface area is 144 Å². The molecule has 2 fully saturated rings. The molecule has 0 radical (unpaired) electrons. The van der Waals surface area contributed by atoms with Gasteiger partial charge in [0, 0.05) is 25.7 Å². The van der Waals surface area contributed by atoms with Crippen LogP contribution < -0.4 is 0 Å². The first-order valence-corrected chi connectivity index (χ1v) is 8.87. The fourth-order valence-corrected chi connectivity index (χ4v) is 3.78. The Morgan fingerprint density at radius 2 is 1.88 bits per heavy atom. The first kappa shape index (κ1) is 17.2. The molecule has 5 nitrogen and oxygen atoms in total. The van der Waals surface area contributed by atoms with Gasteiger partial charge in [0.05, 0.1) is 12.1 Å². The number of amides is 1. The van der Waals surface area contributed by atoms with Crippen molar-refractivity contribution in [1.29, 1.82) is 0 Å². The van der Waals surface area contributed by atoms with E-state index in [1.54, 1.807) is 12.1 Å². The zero-order valence-electron chi connectivity index (χ0n) is 14.9. The van der Waals surface area contributed by atoms with Gasteiger partial charge in [0.1, 0.15) is 11.9 Å². The largest absolute Gasteiger partial charge is 0.508 e. The van der Waals surface area contributed by atoms with Crippen molar-refractivity contribution in [2.24, 2.45) is 0 Å². The molecule has 1 N–H and O–H groups in total. The molecule has 1 spiro atoms. The van der Waals surface area contributed by atoms with Crippen molar-refractivity contribution >= 4 is 5.91 Å². The number of piperidine rings is 1. The lowest BCUT2D eigenvalue weighted by atomic mass is 9.87. The van der Waals surface area contributed by atoms with Crippen LogP contribution in [0, 0.1) is 0 Å². The van der Waals surface area contributed by atoms with Crippen LogP contribution in [0.15, 0.2) is 24.3 Å². The first-order chi connectivity index (χ1) is 11.4. The van der Waals surface area contributed by atoms with Crippen molar-refractivity contribution in [2.75, 3.05) is 19.6 Å². The van der Waals surface area contributed by atoms with E-state index in [0.717, 1.165) is 32.5 Å². The van der Waals surface area contributed by atoms with E-state index >= 15 is 0 Å². The molecule has 24 heavy (non-hydrogen) atoms. The minimum atomic E-state index is -0.343. The Hall–Kier alpha value is -1.59. The molecule has 1 atom stereocenters. The number of benzene rings is 1. The topological polar surface area (TPSA) is 53.0 Å². The quantitative estimate of drug-likeness (QED) is 0.923. The molecule has 0 saturated carbocycles. The summed E-state index contributed by atoms with van der Waals surface area (Å²) >= 11 is 0. The van der Waals surface area contributed by atoms with Crippen molar-refractivity contribution in [2.45, 2.75) is 57.9 Å². The van der Waals surface area contributed by atoms with Gasteiger partial charge in [-0.3, -0.25) is 9.69 Å². The number of hydrogen-bond donors (Lipinski definition) is 1. The number of carbonyl (C=O) groups is 1. The van der Waals surface area contributed by atoms with Crippen LogP contribution in [-0.4, -0.2) is 58.2 Å². The van der Waals surface area contributed by atoms with Gasteiger partial charge in [-0.15, -0.1) is 0 Å². The summed E-state index contributed by atoms with van der Waals surface area (Å²) in [5.74, 6) is 0.418. The van der Waals surface area contributed by atoms with Crippen molar-refractivity contribution in [1.82, 2.24) is 9.80 Å². The van der Waals surface area contributed by atoms with Gasteiger partial charge in [-0.2, -0.15) is 0 Å². The molecular formula is C19H28N2O3. The van der Waals surface area contributed by atoms with Crippen LogP contribution in [0.1, 0.15) is 39.2 Å². The summed E-state index contributed by atoms with van der Waals surface area (Å²) in [4.78, 5) is 16.7. The van der Waals surface area contributed by atoms with Gasteiger partial charge < -0.3 is 14.7 Å². The Kier molecular flexibility index (Phi) is 4.83. The summed E-state index contributed by atoms with van der Waals surface area (Å²) in [6.07, 6.45) is 1.56. The number of hydrogen-bond acceptors (Lipinski definition) is 4. The monoisotopic (exact) mass is 332 g/mol. The number of rotatable bonds is 3. The van der Waals surface area contributed by atoms with E-state index in [9.17, 15) is 9.90 Å². The third kappa shape index (κ3) is 3.57. The highest BCUT2D eigenvalue weighted by Crippen LogP contribution is 2.34. The van der Waals surface area contributed by atoms with E-state index in [0.29, 0.717) is 12.3 Å². The van der Waals surface area contributed by atoms with Gasteiger partial charge in [0.2, 0.25) is 0 Å². The first-order valence-electron chi connectivity index (χ1n) is 8.87. The van der Waals surface area contributed by atoms with Crippen molar-refractivity contribution in [3.05, 3.63) is 29.8 Å². The van der Waals surface area contributed by atoms with Crippen molar-refractivity contribution in [3.8, 4) is 5.75 Å². The lowest BCUT2D eigenvalue weighted by molar-refractivity contribution is -0.193. The molecule has 0 aromatic heterocycles. The number of nitrogens with zero attached hydrogens (tertiary/aromatic N) is 2. The fraction of sp³-hybridized carbons (Fsp3) is 0.632. The SMILES string of the molecule is CC(C)N1CC2(CCN(Cc3ccc(O)cc3)CC2)O[C@H](C)C1=O. The molecule has 0 aliphatic carbocycles. The summed E-state index contributed by atoms with van der Waals surface area (Å²) in [5, 5.41) is 9.38. The summed E-state index contributed by atoms with van der Waals surface area (Å²) in [5.41, 5.74) is 1.02. The summed E-state index contributed by atoms with van der Waals surface area (Å²) in [7, 11) is 0. The summed E-state index contributed by atoms with van der Waals surface area (Å²) < 4.78 is 6.17. The van der Waals surface area contributed by atoms with Crippen molar-refractivity contribution < 1.29 is 14.6 Å². The fourth-order valence-electron chi connectivity index (χ4n) is 3.78. The van der Waals surface area contributed by atoms with Crippen LogP contribution in [0.2, 0.25) is 0 Å². The van der Waals surface area contributed by atoms with E-state index in [-0.39, 0.29) is 23.7 Å². The van der Waals surface area contributed by atoms with E-state index in [4.69, 9.17) is 4.74 Å². The third-order valence-electron chi connectivity index (χ3n) is 5.25. The maximum absolute atomic E-state index is 12.3. The normalized spacial score (nSPS) is 24.8. The molecule has 2 heterocycles. The number of carbonyl (C=O) groups excluding carboxylic acids is 1. The number of phenols is 1. The number of phenolic OH excluding ortho intramolecular Hbond substituents is 1. The molecule has 1 amide bonds. The van der Waals surface area contributed by atoms with Crippen molar-refractivity contribution in [3.63, 3.8) is 0 Å². The highest BCUT2D eigenvalue weighted by Gasteiger charge is 2.45. The molecule has 1 aromatic carbocycles. The van der Waals surface area contributed by atoms with E-state index < -0.39 is 0 Å². The maximum Gasteiger partial charge on any atom is 0.251 e. The van der Waals surface area contributed by atoms with E-state index in [1.165, 1.54) is 5.56 Å². The molecule has 0 unspecified atom stereocenters. The lowest BCUT2D eigenvalue weighted by Crippen LogP contribution is -2.62. The Bertz CT molecular complexity index is 577. The molecule has 0 bridgehead atoms. The minimum Gasteiger partial charge on any atom is -0.508 e. The Morgan fingerprint density at radius 3 is 2.46 bits per heavy atom. The molecule has 2 aliphatic heterocycles. The summed E-state index contributed by atoms with van der Waals surface area (Å²) in [6, 6.07) is 7.63. The Morgan fingerprint density at radius 1 is 1.25 bits per heavy atom. The average molecular weight is 332 g/mol. The minimum absolute atomic E-state index is 0.113. The predicted octanol–water partition coefficient (Wildman–Crippen LogP) is 2.38. The molecule has 132 valence electrons. The van der Waals surface area contributed by atoms with Crippen LogP contribution in [0.4, 0.5) is 0 Å². The second kappa shape index (κ2) is 6.73. The van der Waals surface area contributed by atoms with Crippen LogP contribution in [0.5, 0.6) is 5.75 Å². The zero-order valence-corrected chi connectivity index (χ0v) is 14.9. The van der Waals surface area contributed by atoms with Crippen LogP contribution in [0.25, 0.3) is 0 Å². The molecule has 1 aromatic rings. The highest BCUT2D eigenvalue weighted by molar-refractivity contribution is 5.81. The molecular weight excluding hydrogens is 304 g/mol. The van der Waals surface area contributed by atoms with E-state index in [1.807, 2.05) is 24.0 Å².